The number of carboxylic acids is 1. The lowest BCUT2D eigenvalue weighted by Crippen LogP contribution is -2.06. The Morgan fingerprint density at radius 1 is 1.17 bits per heavy atom. The molecule has 0 aliphatic heterocycles. The molecule has 1 unspecified atom stereocenters. The topological polar surface area (TPSA) is 61.1 Å². The minimum absolute atomic E-state index is 0.168. The van der Waals surface area contributed by atoms with Crippen LogP contribution in [0, 0.1) is 11.3 Å². The van der Waals surface area contributed by atoms with Gasteiger partial charge in [-0.3, -0.25) is 4.79 Å². The molecule has 4 heteroatoms. The maximum Gasteiger partial charge on any atom is 0.304 e. The number of hydrogen-bond acceptors (Lipinski definition) is 3. The van der Waals surface area contributed by atoms with E-state index in [0.29, 0.717) is 11.3 Å². The maximum atomic E-state index is 10.8. The normalized spacial score (nSPS) is 12.4. The fourth-order valence-electron chi connectivity index (χ4n) is 3.06. The minimum atomic E-state index is -0.763. The number of nitrogens with zero attached hydrogens (tertiary/aromatic N) is 1. The summed E-state index contributed by atoms with van der Waals surface area (Å²) in [6, 6.07) is 9.82. The summed E-state index contributed by atoms with van der Waals surface area (Å²) in [5.74, 6) is -0.175. The zero-order valence-electron chi connectivity index (χ0n) is 17.7. The highest BCUT2D eigenvalue weighted by atomic mass is 32.2. The highest BCUT2D eigenvalue weighted by Gasteiger charge is 2.08. The number of aliphatic carboxylic acids is 1. The fourth-order valence-corrected chi connectivity index (χ4v) is 4.17. The van der Waals surface area contributed by atoms with Crippen molar-refractivity contribution in [3.05, 3.63) is 59.7 Å². The molecule has 1 aromatic rings. The Kier molecular flexibility index (Phi) is 14.6. The second-order valence-electron chi connectivity index (χ2n) is 7.29. The Balaban J connectivity index is 2.42. The van der Waals surface area contributed by atoms with Gasteiger partial charge < -0.3 is 5.11 Å². The van der Waals surface area contributed by atoms with Crippen LogP contribution in [0.25, 0.3) is 0 Å². The summed E-state index contributed by atoms with van der Waals surface area (Å²) >= 11 is 1.66. The molecule has 158 valence electrons. The molecule has 1 rings (SSSR count). The van der Waals surface area contributed by atoms with E-state index in [-0.39, 0.29) is 11.7 Å². The average Bonchev–Trinajstić information content (AvgIpc) is 2.71. The standard InChI is InChI=1S/C25H35NO2S/c1-2-3-4-5-6-7-8-9-10-11-12-16-24(29-18-17-25(27)28)20-22-14-13-15-23(19-22)21-26/h10-16,19,24H,2-9,17-18,20H2,1H3,(H,27,28). The van der Waals surface area contributed by atoms with Crippen LogP contribution >= 0.6 is 11.8 Å². The van der Waals surface area contributed by atoms with Crippen LogP contribution in [0.1, 0.15) is 75.8 Å². The van der Waals surface area contributed by atoms with Crippen molar-refractivity contribution in [2.45, 2.75) is 76.4 Å². The molecule has 1 N–H and O–H groups in total. The van der Waals surface area contributed by atoms with Gasteiger partial charge in [0.1, 0.15) is 0 Å². The van der Waals surface area contributed by atoms with Gasteiger partial charge in [0.15, 0.2) is 0 Å². The molecule has 0 radical (unpaired) electrons. The molecule has 0 spiro atoms. The number of hydrogen-bond donors (Lipinski definition) is 1. The van der Waals surface area contributed by atoms with Crippen molar-refractivity contribution in [2.75, 3.05) is 5.75 Å². The minimum Gasteiger partial charge on any atom is -0.481 e. The van der Waals surface area contributed by atoms with E-state index in [2.05, 4.69) is 37.3 Å². The van der Waals surface area contributed by atoms with Crippen molar-refractivity contribution in [2.24, 2.45) is 0 Å². The van der Waals surface area contributed by atoms with Crippen LogP contribution in [0.4, 0.5) is 0 Å². The van der Waals surface area contributed by atoms with Gasteiger partial charge in [-0.25, -0.2) is 0 Å². The Hall–Kier alpha value is -1.99. The molecule has 0 aliphatic carbocycles. The van der Waals surface area contributed by atoms with Gasteiger partial charge >= 0.3 is 5.97 Å². The zero-order valence-corrected chi connectivity index (χ0v) is 18.5. The third-order valence-corrected chi connectivity index (χ3v) is 5.88. The van der Waals surface area contributed by atoms with Crippen molar-refractivity contribution in [1.82, 2.24) is 0 Å². The molecule has 0 heterocycles. The monoisotopic (exact) mass is 413 g/mol. The first kappa shape index (κ1) is 25.0. The van der Waals surface area contributed by atoms with Crippen LogP contribution < -0.4 is 0 Å². The highest BCUT2D eigenvalue weighted by Crippen LogP contribution is 2.20. The summed E-state index contributed by atoms with van der Waals surface area (Å²) in [4.78, 5) is 10.8. The van der Waals surface area contributed by atoms with E-state index in [0.717, 1.165) is 18.4 Å². The van der Waals surface area contributed by atoms with Crippen molar-refractivity contribution in [3.63, 3.8) is 0 Å². The van der Waals surface area contributed by atoms with E-state index < -0.39 is 5.97 Å². The van der Waals surface area contributed by atoms with Gasteiger partial charge in [0.05, 0.1) is 18.1 Å². The molecular formula is C25H35NO2S. The van der Waals surface area contributed by atoms with E-state index in [9.17, 15) is 4.79 Å². The number of unbranched alkanes of at least 4 members (excludes halogenated alkanes) is 7. The Bertz CT molecular complexity index is 676. The predicted molar refractivity (Wildman–Crippen MR) is 124 cm³/mol. The molecule has 0 bridgehead atoms. The molecule has 0 saturated carbocycles. The van der Waals surface area contributed by atoms with Crippen LogP contribution in [0.5, 0.6) is 0 Å². The number of carbonyl (C=O) groups is 1. The molecule has 0 fully saturated rings. The van der Waals surface area contributed by atoms with Crippen LogP contribution in [0.2, 0.25) is 0 Å². The number of allylic oxidation sites excluding steroid dienone is 3. The molecule has 1 atom stereocenters. The first-order valence-electron chi connectivity index (χ1n) is 10.8. The molecule has 29 heavy (non-hydrogen) atoms. The predicted octanol–water partition coefficient (Wildman–Crippen LogP) is 6.93. The van der Waals surface area contributed by atoms with Crippen molar-refractivity contribution in [1.29, 1.82) is 5.26 Å². The van der Waals surface area contributed by atoms with Gasteiger partial charge in [-0.05, 0) is 37.0 Å². The summed E-state index contributed by atoms with van der Waals surface area (Å²) in [5, 5.41) is 18.2. The number of benzene rings is 1. The molecule has 0 aliphatic rings. The average molecular weight is 414 g/mol. The summed E-state index contributed by atoms with van der Waals surface area (Å²) in [5.41, 5.74) is 1.77. The second kappa shape index (κ2) is 16.9. The summed E-state index contributed by atoms with van der Waals surface area (Å²) < 4.78 is 0. The largest absolute Gasteiger partial charge is 0.481 e. The zero-order chi connectivity index (χ0) is 21.2. The Morgan fingerprint density at radius 3 is 2.66 bits per heavy atom. The number of rotatable bonds is 16. The van der Waals surface area contributed by atoms with E-state index in [1.54, 1.807) is 17.8 Å². The third kappa shape index (κ3) is 13.8. The highest BCUT2D eigenvalue weighted by molar-refractivity contribution is 8.00. The summed E-state index contributed by atoms with van der Waals surface area (Å²) in [6.07, 6.45) is 19.9. The molecule has 0 aromatic heterocycles. The van der Waals surface area contributed by atoms with Crippen LogP contribution in [0.15, 0.2) is 48.6 Å². The van der Waals surface area contributed by atoms with Crippen LogP contribution in [-0.2, 0) is 11.2 Å². The quantitative estimate of drug-likeness (QED) is 0.236. The lowest BCUT2D eigenvalue weighted by molar-refractivity contribution is -0.136. The smallest absolute Gasteiger partial charge is 0.304 e. The number of thioether (sulfide) groups is 1. The van der Waals surface area contributed by atoms with Crippen LogP contribution in [0.3, 0.4) is 0 Å². The van der Waals surface area contributed by atoms with Gasteiger partial charge in [0.25, 0.3) is 0 Å². The van der Waals surface area contributed by atoms with E-state index in [1.165, 1.54) is 44.9 Å². The third-order valence-electron chi connectivity index (χ3n) is 4.69. The van der Waals surface area contributed by atoms with E-state index in [1.807, 2.05) is 18.2 Å². The first-order chi connectivity index (χ1) is 14.2. The van der Waals surface area contributed by atoms with Gasteiger partial charge in [0, 0.05) is 11.0 Å². The number of carboxylic acid groups (broad SMARTS) is 1. The Labute approximate surface area is 180 Å². The number of nitriles is 1. The molecule has 3 nitrogen and oxygen atoms in total. The van der Waals surface area contributed by atoms with Gasteiger partial charge in [-0.2, -0.15) is 17.0 Å². The SMILES string of the molecule is CCCCCCCCCC=CC=CC(Cc1cccc(C#N)c1)SCCC(=O)O. The Morgan fingerprint density at radius 2 is 1.93 bits per heavy atom. The lowest BCUT2D eigenvalue weighted by Gasteiger charge is -2.12. The molecule has 0 saturated heterocycles. The summed E-state index contributed by atoms with van der Waals surface area (Å²) in [7, 11) is 0. The molecule has 1 aromatic carbocycles. The van der Waals surface area contributed by atoms with Crippen LogP contribution in [-0.4, -0.2) is 22.1 Å². The van der Waals surface area contributed by atoms with Crippen molar-refractivity contribution < 1.29 is 9.90 Å². The molecule has 0 amide bonds. The maximum absolute atomic E-state index is 10.8. The first-order valence-corrected chi connectivity index (χ1v) is 11.9. The van der Waals surface area contributed by atoms with E-state index >= 15 is 0 Å². The van der Waals surface area contributed by atoms with Gasteiger partial charge in [-0.15, -0.1) is 0 Å². The van der Waals surface area contributed by atoms with E-state index in [4.69, 9.17) is 10.4 Å². The van der Waals surface area contributed by atoms with Crippen molar-refractivity contribution in [3.8, 4) is 6.07 Å². The fraction of sp³-hybridized carbons (Fsp3) is 0.520. The lowest BCUT2D eigenvalue weighted by atomic mass is 10.1. The molecular weight excluding hydrogens is 378 g/mol. The van der Waals surface area contributed by atoms with Crippen molar-refractivity contribution >= 4 is 17.7 Å². The van der Waals surface area contributed by atoms with Gasteiger partial charge in [0.2, 0.25) is 0 Å². The van der Waals surface area contributed by atoms with Gasteiger partial charge in [-0.1, -0.05) is 81.9 Å². The summed E-state index contributed by atoms with van der Waals surface area (Å²) in [6.45, 7) is 2.25. The second-order valence-corrected chi connectivity index (χ2v) is 8.64.